The molecule has 2 aromatic rings. The zero-order chi connectivity index (χ0) is 14.8. The monoisotopic (exact) mass is 303 g/mol. The van der Waals surface area contributed by atoms with Gasteiger partial charge >= 0.3 is 0 Å². The van der Waals surface area contributed by atoms with Crippen molar-refractivity contribution in [3.63, 3.8) is 0 Å². The zero-order valence-corrected chi connectivity index (χ0v) is 12.1. The van der Waals surface area contributed by atoms with Gasteiger partial charge in [-0.2, -0.15) is 0 Å². The highest BCUT2D eigenvalue weighted by atomic mass is 32.1. The number of nitrogens with one attached hydrogen (secondary N) is 2. The van der Waals surface area contributed by atoms with E-state index in [1.54, 1.807) is 17.5 Å². The van der Waals surface area contributed by atoms with Gasteiger partial charge in [0.2, 0.25) is 0 Å². The molecule has 0 fully saturated rings. The number of rotatable bonds is 3. The molecule has 0 saturated heterocycles. The number of amides is 1. The van der Waals surface area contributed by atoms with E-state index < -0.39 is 0 Å². The van der Waals surface area contributed by atoms with Gasteiger partial charge in [-0.3, -0.25) is 14.9 Å². The van der Waals surface area contributed by atoms with E-state index in [1.807, 2.05) is 6.07 Å². The van der Waals surface area contributed by atoms with E-state index in [0.29, 0.717) is 35.3 Å². The van der Waals surface area contributed by atoms with Gasteiger partial charge in [-0.05, 0) is 12.1 Å². The molecule has 0 aliphatic carbocycles. The van der Waals surface area contributed by atoms with Crippen LogP contribution in [0.25, 0.3) is 0 Å². The predicted molar refractivity (Wildman–Crippen MR) is 80.5 cm³/mol. The molecule has 7 heteroatoms. The summed E-state index contributed by atoms with van der Waals surface area (Å²) in [6, 6.07) is 5.35. The summed E-state index contributed by atoms with van der Waals surface area (Å²) in [6.45, 7) is 2.67. The number of nitrogens with zero attached hydrogens (tertiary/aromatic N) is 1. The number of carbonyl (C=O) groups is 2. The summed E-state index contributed by atoms with van der Waals surface area (Å²) >= 11 is 1.22. The Morgan fingerprint density at radius 3 is 3.05 bits per heavy atom. The minimum absolute atomic E-state index is 0.128. The fourth-order valence-corrected chi connectivity index (χ4v) is 2.75. The highest BCUT2D eigenvalue weighted by Crippen LogP contribution is 2.31. The molecule has 1 aliphatic heterocycles. The molecule has 1 aliphatic rings. The standard InChI is InChI=1S/C14H13N3O3S/c1-8(18)11-7-21-14(16-11)17-13(19)9-3-2-4-10-12(9)20-6-5-15-10/h2-4,7,15H,5-6H2,1H3,(H,16,17,19). The SMILES string of the molecule is CC(=O)c1csc(NC(=O)c2cccc3c2OCCN3)n1. The average molecular weight is 303 g/mol. The second-order valence-electron chi connectivity index (χ2n) is 4.51. The number of hydrogen-bond donors (Lipinski definition) is 2. The fourth-order valence-electron chi connectivity index (χ4n) is 2.01. The Kier molecular flexibility index (Phi) is 3.57. The smallest absolute Gasteiger partial charge is 0.261 e. The minimum Gasteiger partial charge on any atom is -0.489 e. The minimum atomic E-state index is -0.306. The molecule has 21 heavy (non-hydrogen) atoms. The van der Waals surface area contributed by atoms with E-state index >= 15 is 0 Å². The van der Waals surface area contributed by atoms with Crippen LogP contribution in [0.3, 0.4) is 0 Å². The first-order valence-corrected chi connectivity index (χ1v) is 7.30. The molecule has 1 aromatic carbocycles. The highest BCUT2D eigenvalue weighted by molar-refractivity contribution is 7.14. The number of hydrogen-bond acceptors (Lipinski definition) is 6. The van der Waals surface area contributed by atoms with Gasteiger partial charge < -0.3 is 10.1 Å². The van der Waals surface area contributed by atoms with Crippen molar-refractivity contribution in [2.24, 2.45) is 0 Å². The van der Waals surface area contributed by atoms with Gasteiger partial charge in [0.15, 0.2) is 16.7 Å². The maximum Gasteiger partial charge on any atom is 0.261 e. The second kappa shape index (κ2) is 5.53. The molecule has 0 bridgehead atoms. The third kappa shape index (κ3) is 2.73. The average Bonchev–Trinajstić information content (AvgIpc) is 2.95. The number of thiazole rings is 1. The van der Waals surface area contributed by atoms with Crippen molar-refractivity contribution in [2.45, 2.75) is 6.92 Å². The van der Waals surface area contributed by atoms with Crippen LogP contribution in [0.1, 0.15) is 27.8 Å². The van der Waals surface area contributed by atoms with Crippen LogP contribution in [0.2, 0.25) is 0 Å². The Morgan fingerprint density at radius 2 is 2.29 bits per heavy atom. The Morgan fingerprint density at radius 1 is 1.43 bits per heavy atom. The molecule has 0 spiro atoms. The molecule has 0 radical (unpaired) electrons. The molecular weight excluding hydrogens is 290 g/mol. The Labute approximate surface area is 125 Å². The van der Waals surface area contributed by atoms with Crippen LogP contribution in [0, 0.1) is 0 Å². The first-order valence-electron chi connectivity index (χ1n) is 6.42. The second-order valence-corrected chi connectivity index (χ2v) is 5.36. The van der Waals surface area contributed by atoms with E-state index in [9.17, 15) is 9.59 Å². The normalized spacial score (nSPS) is 12.8. The van der Waals surface area contributed by atoms with Crippen molar-refractivity contribution < 1.29 is 14.3 Å². The lowest BCUT2D eigenvalue weighted by molar-refractivity contribution is 0.100. The summed E-state index contributed by atoms with van der Waals surface area (Å²) in [5.41, 5.74) is 1.60. The van der Waals surface area contributed by atoms with Gasteiger partial charge in [0.1, 0.15) is 12.3 Å². The molecule has 2 N–H and O–H groups in total. The predicted octanol–water partition coefficient (Wildman–Crippen LogP) is 2.40. The Hall–Kier alpha value is -2.41. The lowest BCUT2D eigenvalue weighted by Crippen LogP contribution is -2.21. The van der Waals surface area contributed by atoms with Gasteiger partial charge in [0.05, 0.1) is 11.3 Å². The van der Waals surface area contributed by atoms with E-state index in [0.717, 1.165) is 5.69 Å². The number of fused-ring (bicyclic) bond motifs is 1. The molecule has 0 unspecified atom stereocenters. The van der Waals surface area contributed by atoms with Crippen LogP contribution < -0.4 is 15.4 Å². The van der Waals surface area contributed by atoms with E-state index in [1.165, 1.54) is 18.3 Å². The number of para-hydroxylation sites is 1. The van der Waals surface area contributed by atoms with Crippen molar-refractivity contribution in [1.29, 1.82) is 0 Å². The topological polar surface area (TPSA) is 80.3 Å². The van der Waals surface area contributed by atoms with Crippen LogP contribution in [0.4, 0.5) is 10.8 Å². The number of benzene rings is 1. The number of ketones is 1. The highest BCUT2D eigenvalue weighted by Gasteiger charge is 2.20. The van der Waals surface area contributed by atoms with Crippen LogP contribution in [-0.4, -0.2) is 29.8 Å². The molecule has 3 rings (SSSR count). The molecule has 0 saturated carbocycles. The largest absolute Gasteiger partial charge is 0.489 e. The van der Waals surface area contributed by atoms with Crippen molar-refractivity contribution in [3.8, 4) is 5.75 Å². The zero-order valence-electron chi connectivity index (χ0n) is 11.3. The van der Waals surface area contributed by atoms with Gasteiger partial charge in [0, 0.05) is 18.8 Å². The summed E-state index contributed by atoms with van der Waals surface area (Å²) in [5.74, 6) is 0.112. The first kappa shape index (κ1) is 13.6. The van der Waals surface area contributed by atoms with E-state index in [4.69, 9.17) is 4.74 Å². The molecule has 1 amide bonds. The summed E-state index contributed by atoms with van der Waals surface area (Å²) in [4.78, 5) is 27.6. The third-order valence-electron chi connectivity index (χ3n) is 3.01. The van der Waals surface area contributed by atoms with Crippen molar-refractivity contribution >= 4 is 33.8 Å². The quantitative estimate of drug-likeness (QED) is 0.851. The molecule has 1 aromatic heterocycles. The van der Waals surface area contributed by atoms with Gasteiger partial charge in [-0.1, -0.05) is 6.07 Å². The van der Waals surface area contributed by atoms with Crippen molar-refractivity contribution in [1.82, 2.24) is 4.98 Å². The van der Waals surface area contributed by atoms with Gasteiger partial charge in [-0.15, -0.1) is 11.3 Å². The lowest BCUT2D eigenvalue weighted by atomic mass is 10.1. The van der Waals surface area contributed by atoms with Crippen LogP contribution >= 0.6 is 11.3 Å². The number of ether oxygens (including phenoxy) is 1. The van der Waals surface area contributed by atoms with Crippen molar-refractivity contribution in [3.05, 3.63) is 34.8 Å². The number of aromatic nitrogens is 1. The van der Waals surface area contributed by atoms with Crippen molar-refractivity contribution in [2.75, 3.05) is 23.8 Å². The van der Waals surface area contributed by atoms with Crippen LogP contribution in [0.5, 0.6) is 5.75 Å². The molecule has 6 nitrogen and oxygen atoms in total. The Balaban J connectivity index is 1.83. The van der Waals surface area contributed by atoms with E-state index in [2.05, 4.69) is 15.6 Å². The lowest BCUT2D eigenvalue weighted by Gasteiger charge is -2.21. The maximum atomic E-state index is 12.3. The maximum absolute atomic E-state index is 12.3. The van der Waals surface area contributed by atoms with Crippen LogP contribution in [-0.2, 0) is 0 Å². The molecule has 108 valence electrons. The van der Waals surface area contributed by atoms with Gasteiger partial charge in [0.25, 0.3) is 5.91 Å². The molecular formula is C14H13N3O3S. The van der Waals surface area contributed by atoms with Crippen LogP contribution in [0.15, 0.2) is 23.6 Å². The number of anilines is 2. The third-order valence-corrected chi connectivity index (χ3v) is 3.77. The summed E-state index contributed by atoms with van der Waals surface area (Å²) in [6.07, 6.45) is 0. The Bertz CT molecular complexity index is 711. The first-order chi connectivity index (χ1) is 10.1. The summed E-state index contributed by atoms with van der Waals surface area (Å²) in [5, 5.41) is 7.89. The number of carbonyl (C=O) groups excluding carboxylic acids is 2. The van der Waals surface area contributed by atoms with Gasteiger partial charge in [-0.25, -0.2) is 4.98 Å². The fraction of sp³-hybridized carbons (Fsp3) is 0.214. The molecule has 0 atom stereocenters. The summed E-state index contributed by atoms with van der Waals surface area (Å²) in [7, 11) is 0. The molecule has 2 heterocycles. The summed E-state index contributed by atoms with van der Waals surface area (Å²) < 4.78 is 5.56. The number of Topliss-reactive ketones (excluding diaryl/α,β-unsaturated/α-hetero) is 1. The van der Waals surface area contributed by atoms with E-state index in [-0.39, 0.29) is 11.7 Å².